The molecule has 0 radical (unpaired) electrons. The summed E-state index contributed by atoms with van der Waals surface area (Å²) < 4.78 is 0.953. The van der Waals surface area contributed by atoms with E-state index in [-0.39, 0.29) is 17.2 Å². The normalized spacial score (nSPS) is 17.3. The van der Waals surface area contributed by atoms with Crippen molar-refractivity contribution in [2.24, 2.45) is 4.99 Å². The van der Waals surface area contributed by atoms with Crippen LogP contribution in [0, 0.1) is 0 Å². The number of hydrogen-bond donors (Lipinski definition) is 2. The van der Waals surface area contributed by atoms with Crippen LogP contribution >= 0.6 is 27.7 Å². The number of carboxylic acids is 1. The summed E-state index contributed by atoms with van der Waals surface area (Å²) in [5.41, 5.74) is 1.05. The Morgan fingerprint density at radius 1 is 1.23 bits per heavy atom. The smallest absolute Gasteiger partial charge is 0.339 e. The Bertz CT molecular complexity index is 954. The van der Waals surface area contributed by atoms with E-state index in [0.29, 0.717) is 15.8 Å². The summed E-state index contributed by atoms with van der Waals surface area (Å²) in [6.45, 7) is 0. The highest BCUT2D eigenvalue weighted by molar-refractivity contribution is 9.10. The van der Waals surface area contributed by atoms with Gasteiger partial charge in [-0.3, -0.25) is 9.69 Å². The van der Waals surface area contributed by atoms with Crippen molar-refractivity contribution in [3.8, 4) is 5.75 Å². The number of amides is 1. The minimum absolute atomic E-state index is 0.178. The van der Waals surface area contributed by atoms with E-state index < -0.39 is 5.97 Å². The van der Waals surface area contributed by atoms with E-state index in [1.807, 2.05) is 24.3 Å². The van der Waals surface area contributed by atoms with Crippen LogP contribution in [-0.4, -0.2) is 39.2 Å². The molecule has 1 saturated heterocycles. The molecule has 1 aliphatic rings. The Balaban J connectivity index is 1.88. The maximum atomic E-state index is 12.4. The Morgan fingerprint density at radius 3 is 2.54 bits per heavy atom. The quantitative estimate of drug-likeness (QED) is 0.712. The number of aromatic hydroxyl groups is 1. The summed E-state index contributed by atoms with van der Waals surface area (Å²) in [5.74, 6) is -1.77. The summed E-state index contributed by atoms with van der Waals surface area (Å²) in [7, 11) is 1.61. The van der Waals surface area contributed by atoms with Crippen molar-refractivity contribution in [2.75, 3.05) is 7.05 Å². The van der Waals surface area contributed by atoms with E-state index in [9.17, 15) is 14.7 Å². The number of aliphatic imine (C=N–C) groups is 1. The molecule has 0 spiro atoms. The van der Waals surface area contributed by atoms with Crippen LogP contribution in [0.2, 0.25) is 0 Å². The van der Waals surface area contributed by atoms with Gasteiger partial charge in [0.1, 0.15) is 11.3 Å². The Kier molecular flexibility index (Phi) is 5.15. The molecule has 2 aromatic carbocycles. The van der Waals surface area contributed by atoms with Crippen LogP contribution in [-0.2, 0) is 4.79 Å². The molecule has 0 atom stereocenters. The van der Waals surface area contributed by atoms with Crippen molar-refractivity contribution in [1.82, 2.24) is 4.90 Å². The number of carboxylic acid groups (broad SMARTS) is 1. The standard InChI is InChI=1S/C18H13BrN2O4S/c1-21-16(23)15(8-10-2-4-11(19)5-3-10)26-18(21)20-12-6-7-13(17(24)25)14(22)9-12/h2-9,22H,1H3,(H,24,25)/b15-8-,20-18?. The molecule has 0 aromatic heterocycles. The van der Waals surface area contributed by atoms with Crippen LogP contribution in [0.3, 0.4) is 0 Å². The van der Waals surface area contributed by atoms with Crippen LogP contribution in [0.25, 0.3) is 6.08 Å². The summed E-state index contributed by atoms with van der Waals surface area (Å²) in [4.78, 5) is 29.6. The van der Waals surface area contributed by atoms with Crippen molar-refractivity contribution in [3.05, 3.63) is 63.0 Å². The van der Waals surface area contributed by atoms with Gasteiger partial charge >= 0.3 is 5.97 Å². The molecule has 1 fully saturated rings. The molecule has 132 valence electrons. The van der Waals surface area contributed by atoms with Gasteiger partial charge in [0.2, 0.25) is 0 Å². The summed E-state index contributed by atoms with van der Waals surface area (Å²) in [5, 5.41) is 19.2. The summed E-state index contributed by atoms with van der Waals surface area (Å²) in [6, 6.07) is 11.6. The van der Waals surface area contributed by atoms with Gasteiger partial charge in [0.25, 0.3) is 5.91 Å². The monoisotopic (exact) mass is 432 g/mol. The van der Waals surface area contributed by atoms with Crippen molar-refractivity contribution >= 4 is 56.5 Å². The molecular formula is C18H13BrN2O4S. The van der Waals surface area contributed by atoms with Crippen molar-refractivity contribution in [2.45, 2.75) is 0 Å². The number of phenols is 1. The van der Waals surface area contributed by atoms with Crippen LogP contribution in [0.5, 0.6) is 5.75 Å². The van der Waals surface area contributed by atoms with Gasteiger partial charge in [0.05, 0.1) is 10.6 Å². The molecule has 1 amide bonds. The molecule has 2 N–H and O–H groups in total. The average Bonchev–Trinajstić information content (AvgIpc) is 2.85. The molecular weight excluding hydrogens is 420 g/mol. The molecule has 0 saturated carbocycles. The highest BCUT2D eigenvalue weighted by Gasteiger charge is 2.30. The number of carbonyl (C=O) groups excluding carboxylic acids is 1. The van der Waals surface area contributed by atoms with Gasteiger partial charge in [-0.15, -0.1) is 0 Å². The second kappa shape index (κ2) is 7.35. The lowest BCUT2D eigenvalue weighted by Crippen LogP contribution is -2.23. The fourth-order valence-corrected chi connectivity index (χ4v) is 3.49. The number of thioether (sulfide) groups is 1. The first-order chi connectivity index (χ1) is 12.3. The summed E-state index contributed by atoms with van der Waals surface area (Å²) >= 11 is 4.58. The number of hydrogen-bond acceptors (Lipinski definition) is 5. The van der Waals surface area contributed by atoms with Crippen LogP contribution in [0.15, 0.2) is 56.8 Å². The molecule has 8 heteroatoms. The van der Waals surface area contributed by atoms with E-state index in [2.05, 4.69) is 20.9 Å². The highest BCUT2D eigenvalue weighted by Crippen LogP contribution is 2.34. The predicted molar refractivity (Wildman–Crippen MR) is 105 cm³/mol. The van der Waals surface area contributed by atoms with Crippen LogP contribution in [0.1, 0.15) is 15.9 Å². The minimum Gasteiger partial charge on any atom is -0.507 e. The van der Waals surface area contributed by atoms with Gasteiger partial charge in [0, 0.05) is 17.6 Å². The topological polar surface area (TPSA) is 90.2 Å². The lowest BCUT2D eigenvalue weighted by Gasteiger charge is -2.07. The van der Waals surface area contributed by atoms with Gasteiger partial charge in [-0.2, -0.15) is 0 Å². The average molecular weight is 433 g/mol. The maximum absolute atomic E-state index is 12.4. The maximum Gasteiger partial charge on any atom is 0.339 e. The van der Waals surface area contributed by atoms with Crippen molar-refractivity contribution < 1.29 is 19.8 Å². The second-order valence-corrected chi connectivity index (χ2v) is 7.35. The number of carbonyl (C=O) groups is 2. The van der Waals surface area contributed by atoms with E-state index >= 15 is 0 Å². The molecule has 1 heterocycles. The van der Waals surface area contributed by atoms with Gasteiger partial charge in [-0.1, -0.05) is 28.1 Å². The van der Waals surface area contributed by atoms with E-state index in [4.69, 9.17) is 5.11 Å². The van der Waals surface area contributed by atoms with Gasteiger partial charge < -0.3 is 10.2 Å². The Hall–Kier alpha value is -2.58. The number of amidine groups is 1. The van der Waals surface area contributed by atoms with E-state index in [1.54, 1.807) is 13.1 Å². The molecule has 2 aromatic rings. The third-order valence-electron chi connectivity index (χ3n) is 3.61. The van der Waals surface area contributed by atoms with Gasteiger partial charge in [-0.05, 0) is 47.7 Å². The number of rotatable bonds is 3. The molecule has 0 unspecified atom stereocenters. The van der Waals surface area contributed by atoms with Crippen LogP contribution in [0.4, 0.5) is 5.69 Å². The number of likely N-dealkylation sites (N-methyl/N-ethyl adjacent to an activating group) is 1. The fourth-order valence-electron chi connectivity index (χ4n) is 2.24. The number of halogens is 1. The molecule has 1 aliphatic heterocycles. The number of benzene rings is 2. The third-order valence-corrected chi connectivity index (χ3v) is 5.20. The van der Waals surface area contributed by atoms with Gasteiger partial charge in [-0.25, -0.2) is 9.79 Å². The largest absolute Gasteiger partial charge is 0.507 e. The SMILES string of the molecule is CN1C(=O)/C(=C/c2ccc(Br)cc2)SC1=Nc1ccc(C(=O)O)c(O)c1. The second-order valence-electron chi connectivity index (χ2n) is 5.43. The fraction of sp³-hybridized carbons (Fsp3) is 0.0556. The number of nitrogens with zero attached hydrogens (tertiary/aromatic N) is 2. The predicted octanol–water partition coefficient (Wildman–Crippen LogP) is 4.09. The minimum atomic E-state index is -1.22. The molecule has 26 heavy (non-hydrogen) atoms. The zero-order valence-corrected chi connectivity index (χ0v) is 15.9. The first kappa shape index (κ1) is 18.2. The summed E-state index contributed by atoms with van der Waals surface area (Å²) in [6.07, 6.45) is 1.78. The molecule has 0 bridgehead atoms. The molecule has 0 aliphatic carbocycles. The zero-order chi connectivity index (χ0) is 18.8. The first-order valence-corrected chi connectivity index (χ1v) is 9.04. The van der Waals surface area contributed by atoms with E-state index in [1.165, 1.54) is 34.9 Å². The Morgan fingerprint density at radius 2 is 1.92 bits per heavy atom. The first-order valence-electron chi connectivity index (χ1n) is 7.43. The van der Waals surface area contributed by atoms with Crippen molar-refractivity contribution in [1.29, 1.82) is 0 Å². The number of aromatic carboxylic acids is 1. The lowest BCUT2D eigenvalue weighted by atomic mass is 10.2. The zero-order valence-electron chi connectivity index (χ0n) is 13.5. The van der Waals surface area contributed by atoms with Crippen molar-refractivity contribution in [3.63, 3.8) is 0 Å². The highest BCUT2D eigenvalue weighted by atomic mass is 79.9. The van der Waals surface area contributed by atoms with Crippen LogP contribution < -0.4 is 0 Å². The third kappa shape index (κ3) is 3.81. The van der Waals surface area contributed by atoms with Gasteiger partial charge in [0.15, 0.2) is 5.17 Å². The molecule has 6 nitrogen and oxygen atoms in total. The lowest BCUT2D eigenvalue weighted by molar-refractivity contribution is -0.121. The molecule has 3 rings (SSSR count). The Labute approximate surface area is 162 Å². The van der Waals surface area contributed by atoms with E-state index in [0.717, 1.165) is 10.0 Å².